The van der Waals surface area contributed by atoms with E-state index in [0.717, 1.165) is 76.1 Å². The van der Waals surface area contributed by atoms with Gasteiger partial charge in [-0.1, -0.05) is 64.1 Å². The first kappa shape index (κ1) is 40.0. The number of methoxy groups -OCH3 is 2. The molecule has 304 valence electrons. The van der Waals surface area contributed by atoms with E-state index in [9.17, 15) is 19.2 Å². The third-order valence-corrected chi connectivity index (χ3v) is 11.2. The van der Waals surface area contributed by atoms with Gasteiger partial charge in [0, 0.05) is 24.7 Å². The summed E-state index contributed by atoms with van der Waals surface area (Å²) >= 11 is 0. The average Bonchev–Trinajstić information content (AvgIpc) is 4.07. The molecule has 0 saturated carbocycles. The number of rotatable bonds is 11. The maximum Gasteiger partial charge on any atom is 0.407 e. The lowest BCUT2D eigenvalue weighted by Crippen LogP contribution is -2.51. The van der Waals surface area contributed by atoms with Crippen LogP contribution in [0.3, 0.4) is 0 Å². The van der Waals surface area contributed by atoms with Gasteiger partial charge in [-0.25, -0.2) is 19.6 Å². The Morgan fingerprint density at radius 2 is 1.14 bits per heavy atom. The van der Waals surface area contributed by atoms with Crippen LogP contribution in [-0.4, -0.2) is 98.1 Å². The number of hydrogen-bond donors (Lipinski definition) is 4. The zero-order valence-corrected chi connectivity index (χ0v) is 33.7. The molecule has 0 radical (unpaired) electrons. The smallest absolute Gasteiger partial charge is 0.407 e. The number of aromatic amines is 2. The molecule has 2 fully saturated rings. The first-order chi connectivity index (χ1) is 27.9. The van der Waals surface area contributed by atoms with Gasteiger partial charge in [-0.15, -0.1) is 0 Å². The van der Waals surface area contributed by atoms with E-state index < -0.39 is 24.3 Å². The van der Waals surface area contributed by atoms with Gasteiger partial charge in [-0.05, 0) is 71.7 Å². The predicted octanol–water partition coefficient (Wildman–Crippen LogP) is 6.77. The van der Waals surface area contributed by atoms with E-state index in [2.05, 4.69) is 73.0 Å². The number of hydrogen-bond acceptors (Lipinski definition) is 9. The van der Waals surface area contributed by atoms with Crippen LogP contribution >= 0.6 is 0 Å². The normalized spacial score (nSPS) is 17.8. The van der Waals surface area contributed by atoms with Gasteiger partial charge in [0.25, 0.3) is 0 Å². The lowest BCUT2D eigenvalue weighted by atomic mass is 10.00. The quantitative estimate of drug-likeness (QED) is 0.112. The van der Waals surface area contributed by atoms with Crippen molar-refractivity contribution in [3.8, 4) is 33.8 Å². The number of nitrogens with one attached hydrogen (secondary N) is 4. The largest absolute Gasteiger partial charge is 0.453 e. The molecule has 0 aliphatic carbocycles. The average molecular weight is 790 g/mol. The van der Waals surface area contributed by atoms with Gasteiger partial charge in [-0.2, -0.15) is 0 Å². The topological polar surface area (TPSA) is 188 Å². The number of fused-ring (bicyclic) bond motifs is 1. The predicted molar refractivity (Wildman–Crippen MR) is 218 cm³/mol. The minimum absolute atomic E-state index is 0.107. The summed E-state index contributed by atoms with van der Waals surface area (Å²) < 4.78 is 9.52. The molecule has 4 unspecified atom stereocenters. The summed E-state index contributed by atoms with van der Waals surface area (Å²) in [5.41, 5.74) is 5.43. The second-order valence-corrected chi connectivity index (χ2v) is 15.7. The molecule has 15 heteroatoms. The zero-order valence-electron chi connectivity index (χ0n) is 33.7. The van der Waals surface area contributed by atoms with Crippen molar-refractivity contribution in [1.82, 2.24) is 45.4 Å². The molecule has 4 amide bonds. The van der Waals surface area contributed by atoms with Crippen LogP contribution in [0.2, 0.25) is 0 Å². The van der Waals surface area contributed by atoms with E-state index in [1.807, 2.05) is 40.0 Å². The second kappa shape index (κ2) is 17.1. The molecule has 2 aliphatic rings. The first-order valence-corrected chi connectivity index (χ1v) is 19.9. The summed E-state index contributed by atoms with van der Waals surface area (Å²) in [6.07, 6.45) is 7.38. The molecular formula is C43H51N9O6. The third kappa shape index (κ3) is 8.25. The lowest BCUT2D eigenvalue weighted by molar-refractivity contribution is -0.136. The van der Waals surface area contributed by atoms with Crippen LogP contribution in [0.5, 0.6) is 0 Å². The Balaban J connectivity index is 1.02. The summed E-state index contributed by atoms with van der Waals surface area (Å²) in [7, 11) is 2.58. The van der Waals surface area contributed by atoms with E-state index in [4.69, 9.17) is 14.5 Å². The van der Waals surface area contributed by atoms with E-state index >= 15 is 0 Å². The highest BCUT2D eigenvalue weighted by Gasteiger charge is 2.39. The number of alkyl carbamates (subject to hydrolysis) is 2. The molecule has 2 aliphatic heterocycles. The Morgan fingerprint density at radius 3 is 1.67 bits per heavy atom. The molecule has 4 N–H and O–H groups in total. The molecular weight excluding hydrogens is 739 g/mol. The summed E-state index contributed by atoms with van der Waals surface area (Å²) in [6, 6.07) is 14.7. The molecule has 3 aromatic heterocycles. The standard InChI is InChI=1S/C43H51N9O6/c1-24(2)36(49-42(55)57-5)40(53)51-17-7-9-34(51)38-45-22-32(47-38)27-13-11-26(12-14-27)28-15-16-29-20-31(44-21-30(29)19-28)33-23-46-39(48-33)35-10-8-18-52(35)41(54)37(25(3)4)50-43(56)58-6/h11-16,19-25,34-37H,7-10,17-18H2,1-6H3,(H,45,47)(H,46,48)(H,49,55)(H,50,56). The fourth-order valence-electron chi connectivity index (χ4n) is 7.99. The van der Waals surface area contributed by atoms with Crippen molar-refractivity contribution in [3.63, 3.8) is 0 Å². The molecule has 58 heavy (non-hydrogen) atoms. The summed E-state index contributed by atoms with van der Waals surface area (Å²) in [5, 5.41) is 7.41. The van der Waals surface area contributed by atoms with Gasteiger partial charge in [0.1, 0.15) is 23.7 Å². The van der Waals surface area contributed by atoms with Crippen LogP contribution in [0.25, 0.3) is 44.5 Å². The number of ether oxygens (including phenoxy) is 2. The van der Waals surface area contributed by atoms with Crippen LogP contribution in [0, 0.1) is 11.8 Å². The van der Waals surface area contributed by atoms with Crippen molar-refractivity contribution in [2.24, 2.45) is 11.8 Å². The number of likely N-dealkylation sites (tertiary alicyclic amines) is 2. The number of aromatic nitrogens is 5. The highest BCUT2D eigenvalue weighted by molar-refractivity contribution is 5.90. The molecule has 15 nitrogen and oxygen atoms in total. The van der Waals surface area contributed by atoms with E-state index in [1.54, 1.807) is 22.2 Å². The molecule has 0 bridgehead atoms. The SMILES string of the molecule is COC(=O)NC(C(=O)N1CCCC1c1ncc(-c2ccc(-c3ccc4cc(-c5cnc(C6CCCN6C(=O)C(NC(=O)OC)C(C)C)[nH]5)ncc4c3)cc2)[nH]1)C(C)C. The van der Waals surface area contributed by atoms with Crippen molar-refractivity contribution in [2.75, 3.05) is 27.3 Å². The van der Waals surface area contributed by atoms with Gasteiger partial charge < -0.3 is 39.9 Å². The van der Waals surface area contributed by atoms with Crippen LogP contribution in [0.1, 0.15) is 77.1 Å². The molecule has 0 spiro atoms. The van der Waals surface area contributed by atoms with Crippen LogP contribution < -0.4 is 10.6 Å². The van der Waals surface area contributed by atoms with Crippen molar-refractivity contribution in [3.05, 3.63) is 78.8 Å². The van der Waals surface area contributed by atoms with E-state index in [1.165, 1.54) is 14.2 Å². The number of imidazole rings is 2. The van der Waals surface area contributed by atoms with Gasteiger partial charge in [0.2, 0.25) is 11.8 Å². The summed E-state index contributed by atoms with van der Waals surface area (Å²) in [6.45, 7) is 8.76. The Bertz CT molecular complexity index is 2280. The van der Waals surface area contributed by atoms with Crippen LogP contribution in [0.15, 0.2) is 67.1 Å². The van der Waals surface area contributed by atoms with Crippen molar-refractivity contribution >= 4 is 34.8 Å². The zero-order chi connectivity index (χ0) is 41.1. The van der Waals surface area contributed by atoms with Gasteiger partial charge >= 0.3 is 12.2 Å². The fraction of sp³-hybridized carbons (Fsp3) is 0.419. The minimum atomic E-state index is -0.700. The first-order valence-electron chi connectivity index (χ1n) is 19.9. The number of benzene rings is 2. The third-order valence-electron chi connectivity index (χ3n) is 11.2. The van der Waals surface area contributed by atoms with Gasteiger partial charge in [0.05, 0.1) is 55.8 Å². The number of carbonyl (C=O) groups is 4. The Hall–Kier alpha value is -6.25. The maximum atomic E-state index is 13.6. The van der Waals surface area contributed by atoms with E-state index in [-0.39, 0.29) is 35.7 Å². The number of amides is 4. The van der Waals surface area contributed by atoms with Crippen molar-refractivity contribution in [2.45, 2.75) is 77.5 Å². The summed E-state index contributed by atoms with van der Waals surface area (Å²) in [5.74, 6) is 0.892. The van der Waals surface area contributed by atoms with Crippen molar-refractivity contribution < 1.29 is 28.7 Å². The number of nitrogens with zero attached hydrogens (tertiary/aromatic N) is 5. The highest BCUT2D eigenvalue weighted by atomic mass is 16.5. The molecule has 5 heterocycles. The number of pyridine rings is 1. The Morgan fingerprint density at radius 1 is 0.638 bits per heavy atom. The highest BCUT2D eigenvalue weighted by Crippen LogP contribution is 2.35. The number of H-pyrrole nitrogens is 2. The molecule has 2 saturated heterocycles. The minimum Gasteiger partial charge on any atom is -0.453 e. The monoisotopic (exact) mass is 789 g/mol. The number of carbonyl (C=O) groups excluding carboxylic acids is 4. The van der Waals surface area contributed by atoms with Gasteiger partial charge in [0.15, 0.2) is 0 Å². The molecule has 5 aromatic rings. The fourth-order valence-corrected chi connectivity index (χ4v) is 7.99. The van der Waals surface area contributed by atoms with Crippen molar-refractivity contribution in [1.29, 1.82) is 0 Å². The molecule has 2 aromatic carbocycles. The molecule has 4 atom stereocenters. The second-order valence-electron chi connectivity index (χ2n) is 15.7. The Kier molecular flexibility index (Phi) is 11.8. The lowest BCUT2D eigenvalue weighted by Gasteiger charge is -2.30. The molecule has 7 rings (SSSR count). The van der Waals surface area contributed by atoms with Crippen LogP contribution in [0.4, 0.5) is 9.59 Å². The Labute approximate surface area is 337 Å². The van der Waals surface area contributed by atoms with Crippen LogP contribution in [-0.2, 0) is 19.1 Å². The van der Waals surface area contributed by atoms with E-state index in [0.29, 0.717) is 18.9 Å². The van der Waals surface area contributed by atoms with Gasteiger partial charge in [-0.3, -0.25) is 14.6 Å². The summed E-state index contributed by atoms with van der Waals surface area (Å²) in [4.78, 5) is 75.6. The maximum absolute atomic E-state index is 13.6.